The van der Waals surface area contributed by atoms with Crippen molar-refractivity contribution in [2.45, 2.75) is 114 Å². The van der Waals surface area contributed by atoms with Gasteiger partial charge in [-0.05, 0) is 62.2 Å². The number of nitrogens with zero attached hydrogens (tertiary/aromatic N) is 6. The number of aromatic nitrogens is 3. The minimum Gasteiger partial charge on any atom is -0.508 e. The van der Waals surface area contributed by atoms with Gasteiger partial charge in [-0.3, -0.25) is 19.6 Å². The van der Waals surface area contributed by atoms with Crippen LogP contribution in [0.3, 0.4) is 0 Å². The number of fused-ring (bicyclic) bond motifs is 5. The van der Waals surface area contributed by atoms with Crippen LogP contribution in [0.5, 0.6) is 11.8 Å². The van der Waals surface area contributed by atoms with Gasteiger partial charge < -0.3 is 24.2 Å². The fraction of sp³-hybridized carbons (Fsp3) is 0.533. The number of terminal acetylenes is 1. The average molecular weight is 829 g/mol. The third-order valence-corrected chi connectivity index (χ3v) is 12.7. The summed E-state index contributed by atoms with van der Waals surface area (Å²) in [4.78, 5) is 45.3. The molecule has 2 bridgehead atoms. The molecule has 4 aliphatic heterocycles. The molecular formula is C45H51F3N6O6. The number of aromatic hydroxyl groups is 1. The Labute approximate surface area is 347 Å². The van der Waals surface area contributed by atoms with Crippen molar-refractivity contribution in [1.29, 1.82) is 0 Å². The van der Waals surface area contributed by atoms with Gasteiger partial charge in [0.25, 0.3) is 0 Å². The van der Waals surface area contributed by atoms with Crippen LogP contribution in [-0.2, 0) is 14.3 Å². The smallest absolute Gasteiger partial charge is 0.413 e. The Hall–Kier alpha value is -5.36. The third kappa shape index (κ3) is 8.23. The van der Waals surface area contributed by atoms with Crippen LogP contribution >= 0.6 is 0 Å². The third-order valence-electron chi connectivity index (χ3n) is 12.7. The minimum absolute atomic E-state index is 0.0774. The first kappa shape index (κ1) is 41.4. The van der Waals surface area contributed by atoms with Crippen LogP contribution in [0.2, 0.25) is 0 Å². The Morgan fingerprint density at radius 1 is 1.02 bits per heavy atom. The topological polar surface area (TPSA) is 130 Å². The summed E-state index contributed by atoms with van der Waals surface area (Å²) in [6, 6.07) is 4.66. The zero-order valence-electron chi connectivity index (χ0n) is 33.9. The Morgan fingerprint density at radius 3 is 2.55 bits per heavy atom. The largest absolute Gasteiger partial charge is 0.508 e. The maximum absolute atomic E-state index is 17.1. The van der Waals surface area contributed by atoms with Gasteiger partial charge in [0.05, 0.1) is 28.6 Å². The highest BCUT2D eigenvalue weighted by atomic mass is 19.1. The Kier molecular flexibility index (Phi) is 12.2. The van der Waals surface area contributed by atoms with Crippen LogP contribution in [-0.4, -0.2) is 105 Å². The lowest BCUT2D eigenvalue weighted by Crippen LogP contribution is -2.56. The molecule has 2 aromatic heterocycles. The van der Waals surface area contributed by atoms with E-state index in [2.05, 4.69) is 27.7 Å². The summed E-state index contributed by atoms with van der Waals surface area (Å²) in [7, 11) is 0. The van der Waals surface area contributed by atoms with E-state index in [-0.39, 0.29) is 70.0 Å². The van der Waals surface area contributed by atoms with Crippen LogP contribution in [0.25, 0.3) is 32.9 Å². The van der Waals surface area contributed by atoms with Crippen molar-refractivity contribution < 1.29 is 42.1 Å². The standard InChI is InChI=1S/C45H51F3N6O6/c1-3-5-6-7-8-9-10-12-37(56)59-27-60-44(57)54-30-14-15-31(54)25-52(24-30)42-35-22-49-40(34-20-32(55)19-28-13-16-36(47)33(4-2)38(28)34)39(48)41(35)50-43(51-42)58-26-45-17-11-18-53(45)23-29(46)21-45/h2,13,16,19-20,22,29-31,55H,3,5-12,14-15,17-18,21,23-27H2,1H3/t29-,30+,31+,45+/m1/s1. The normalized spacial score (nSPS) is 22.4. The van der Waals surface area contributed by atoms with Gasteiger partial charge in [-0.25, -0.2) is 18.0 Å². The molecule has 12 nitrogen and oxygen atoms in total. The highest BCUT2D eigenvalue weighted by molar-refractivity contribution is 6.03. The first-order chi connectivity index (χ1) is 29.1. The number of benzene rings is 2. The molecule has 0 spiro atoms. The zero-order chi connectivity index (χ0) is 42.0. The van der Waals surface area contributed by atoms with E-state index in [0.717, 1.165) is 45.1 Å². The number of rotatable bonds is 15. The van der Waals surface area contributed by atoms with Gasteiger partial charge in [-0.15, -0.1) is 6.42 Å². The number of esters is 1. The van der Waals surface area contributed by atoms with Crippen LogP contribution in [0.15, 0.2) is 30.5 Å². The lowest BCUT2D eigenvalue weighted by Gasteiger charge is -2.41. The number of amides is 1. The van der Waals surface area contributed by atoms with Crippen molar-refractivity contribution in [3.63, 3.8) is 0 Å². The molecule has 4 aliphatic rings. The average Bonchev–Trinajstić information content (AvgIpc) is 3.85. The number of carbonyl (C=O) groups is 2. The number of halogens is 3. The van der Waals surface area contributed by atoms with Crippen molar-refractivity contribution in [1.82, 2.24) is 24.8 Å². The van der Waals surface area contributed by atoms with Gasteiger partial charge >= 0.3 is 18.1 Å². The van der Waals surface area contributed by atoms with Crippen LogP contribution in [0, 0.1) is 24.0 Å². The number of hydrogen-bond donors (Lipinski definition) is 1. The van der Waals surface area contributed by atoms with E-state index in [4.69, 9.17) is 25.6 Å². The Morgan fingerprint density at radius 2 is 1.78 bits per heavy atom. The second-order valence-corrected chi connectivity index (χ2v) is 16.6. The molecule has 1 N–H and O–H groups in total. The number of alkyl halides is 1. The molecule has 4 fully saturated rings. The molecule has 15 heteroatoms. The highest BCUT2D eigenvalue weighted by Gasteiger charge is 2.50. The van der Waals surface area contributed by atoms with E-state index >= 15 is 4.39 Å². The van der Waals surface area contributed by atoms with Crippen LogP contribution in [0.1, 0.15) is 96.0 Å². The van der Waals surface area contributed by atoms with E-state index in [0.29, 0.717) is 50.1 Å². The second-order valence-electron chi connectivity index (χ2n) is 16.6. The number of pyridine rings is 1. The molecule has 0 aliphatic carbocycles. The lowest BCUT2D eigenvalue weighted by molar-refractivity contribution is -0.152. The molecular weight excluding hydrogens is 778 g/mol. The van der Waals surface area contributed by atoms with Crippen molar-refractivity contribution in [3.05, 3.63) is 47.7 Å². The number of hydrogen-bond acceptors (Lipinski definition) is 11. The summed E-state index contributed by atoms with van der Waals surface area (Å²) in [5.74, 6) is 0.551. The number of ether oxygens (including phenoxy) is 3. The maximum atomic E-state index is 17.1. The minimum atomic E-state index is -0.983. The molecule has 60 heavy (non-hydrogen) atoms. The molecule has 4 atom stereocenters. The van der Waals surface area contributed by atoms with E-state index in [9.17, 15) is 23.5 Å². The molecule has 2 aromatic carbocycles. The molecule has 0 unspecified atom stereocenters. The number of anilines is 1. The fourth-order valence-corrected chi connectivity index (χ4v) is 9.81. The first-order valence-electron chi connectivity index (χ1n) is 21.2. The maximum Gasteiger partial charge on any atom is 0.413 e. The molecule has 4 saturated heterocycles. The van der Waals surface area contributed by atoms with E-state index in [1.807, 2.05) is 4.90 Å². The van der Waals surface area contributed by atoms with E-state index < -0.39 is 42.2 Å². The Bertz CT molecular complexity index is 2290. The fourth-order valence-electron chi connectivity index (χ4n) is 9.81. The number of phenolic OH excluding ortho intramolecular Hbond substituents is 1. The highest BCUT2D eigenvalue weighted by Crippen LogP contribution is 2.42. The van der Waals surface area contributed by atoms with Gasteiger partial charge in [-0.2, -0.15) is 9.97 Å². The molecule has 318 valence electrons. The number of unbranched alkanes of at least 4 members (excludes halogenated alkanes) is 6. The summed E-state index contributed by atoms with van der Waals surface area (Å²) in [5.41, 5.74) is -0.892. The van der Waals surface area contributed by atoms with Crippen LogP contribution < -0.4 is 9.64 Å². The van der Waals surface area contributed by atoms with Gasteiger partial charge in [0.15, 0.2) is 5.82 Å². The lowest BCUT2D eigenvalue weighted by atomic mass is 9.95. The van der Waals surface area contributed by atoms with E-state index in [1.54, 1.807) is 4.90 Å². The van der Waals surface area contributed by atoms with Crippen molar-refractivity contribution in [2.24, 2.45) is 0 Å². The summed E-state index contributed by atoms with van der Waals surface area (Å²) in [6.45, 7) is 3.54. The zero-order valence-corrected chi connectivity index (χ0v) is 33.9. The molecule has 6 heterocycles. The molecule has 1 amide bonds. The van der Waals surface area contributed by atoms with Crippen molar-refractivity contribution in [2.75, 3.05) is 44.5 Å². The summed E-state index contributed by atoms with van der Waals surface area (Å²) in [5, 5.41) is 11.5. The summed E-state index contributed by atoms with van der Waals surface area (Å²) in [6.07, 6.45) is 16.7. The molecule has 0 radical (unpaired) electrons. The summed E-state index contributed by atoms with van der Waals surface area (Å²) >= 11 is 0. The quantitative estimate of drug-likeness (QED) is 0.0539. The Balaban J connectivity index is 1.04. The molecule has 4 aromatic rings. The second kappa shape index (κ2) is 17.7. The number of phenols is 1. The number of piperazine rings is 1. The van der Waals surface area contributed by atoms with E-state index in [1.165, 1.54) is 49.7 Å². The van der Waals surface area contributed by atoms with Crippen molar-refractivity contribution >= 4 is 39.6 Å². The van der Waals surface area contributed by atoms with Gasteiger partial charge in [0.2, 0.25) is 6.79 Å². The van der Waals surface area contributed by atoms with Crippen molar-refractivity contribution in [3.8, 4) is 35.4 Å². The predicted molar refractivity (Wildman–Crippen MR) is 219 cm³/mol. The van der Waals surface area contributed by atoms with Crippen LogP contribution in [0.4, 0.5) is 23.8 Å². The summed E-state index contributed by atoms with van der Waals surface area (Å²) < 4.78 is 63.7. The van der Waals surface area contributed by atoms with Gasteiger partial charge in [0, 0.05) is 49.6 Å². The van der Waals surface area contributed by atoms with Gasteiger partial charge in [-0.1, -0.05) is 57.4 Å². The molecule has 0 saturated carbocycles. The number of carbonyl (C=O) groups excluding carboxylic acids is 2. The molecule has 8 rings (SSSR count). The predicted octanol–water partition coefficient (Wildman–Crippen LogP) is 8.20. The SMILES string of the molecule is C#Cc1c(F)ccc2cc(O)cc(-c3ncc4c(N5C[C@@H]6CC[C@@H](C5)N6C(=O)OCOC(=O)CCCCCCCCC)nc(OC[C@@]56CCCN5C[C@H](F)C6)nc4c3F)c12. The monoisotopic (exact) mass is 828 g/mol. The first-order valence-corrected chi connectivity index (χ1v) is 21.2. The van der Waals surface area contributed by atoms with Gasteiger partial charge in [0.1, 0.15) is 41.4 Å².